The van der Waals surface area contributed by atoms with E-state index in [9.17, 15) is 9.18 Å². The molecule has 4 heteroatoms. The summed E-state index contributed by atoms with van der Waals surface area (Å²) in [6, 6.07) is 6.56. The first kappa shape index (κ1) is 13.2. The van der Waals surface area contributed by atoms with Crippen molar-refractivity contribution in [2.24, 2.45) is 0 Å². The Morgan fingerprint density at radius 1 is 1.53 bits per heavy atom. The molecule has 0 aliphatic heterocycles. The largest absolute Gasteiger partial charge is 0.478 e. The molecule has 90 valence electrons. The van der Waals surface area contributed by atoms with Crippen LogP contribution in [-0.4, -0.2) is 35.7 Å². The quantitative estimate of drug-likeness (QED) is 0.764. The standard InChI is InChI=1S/C13H14FNO2/c1-2-7-15(8-6-14)10-11-4-3-5-12(9-11)13(16)17/h1,3-5,9H,6-8,10H2,(H,16,17). The SMILES string of the molecule is C#CCN(CCF)Cc1cccc(C(=O)O)c1. The lowest BCUT2D eigenvalue weighted by molar-refractivity contribution is 0.0696. The molecule has 0 radical (unpaired) electrons. The van der Waals surface area contributed by atoms with Crippen LogP contribution in [0.15, 0.2) is 24.3 Å². The summed E-state index contributed by atoms with van der Waals surface area (Å²) in [7, 11) is 0. The molecule has 0 heterocycles. The van der Waals surface area contributed by atoms with Crippen LogP contribution in [0.25, 0.3) is 0 Å². The number of alkyl halides is 1. The summed E-state index contributed by atoms with van der Waals surface area (Å²) in [5.74, 6) is 1.48. The molecule has 0 saturated carbocycles. The minimum Gasteiger partial charge on any atom is -0.478 e. The van der Waals surface area contributed by atoms with Crippen molar-refractivity contribution in [2.45, 2.75) is 6.54 Å². The van der Waals surface area contributed by atoms with Crippen molar-refractivity contribution in [3.63, 3.8) is 0 Å². The van der Waals surface area contributed by atoms with Crippen LogP contribution < -0.4 is 0 Å². The third kappa shape index (κ3) is 4.25. The first-order valence-corrected chi connectivity index (χ1v) is 5.21. The van der Waals surface area contributed by atoms with Crippen molar-refractivity contribution in [1.82, 2.24) is 4.90 Å². The summed E-state index contributed by atoms with van der Waals surface area (Å²) in [5, 5.41) is 8.84. The van der Waals surface area contributed by atoms with Gasteiger partial charge in [-0.05, 0) is 17.7 Å². The summed E-state index contributed by atoms with van der Waals surface area (Å²) in [6.45, 7) is 0.582. The fourth-order valence-electron chi connectivity index (χ4n) is 1.52. The van der Waals surface area contributed by atoms with Crippen LogP contribution in [0.4, 0.5) is 4.39 Å². The Hall–Kier alpha value is -1.86. The van der Waals surface area contributed by atoms with Crippen LogP contribution in [0.3, 0.4) is 0 Å². The Labute approximate surface area is 99.9 Å². The molecule has 0 unspecified atom stereocenters. The smallest absolute Gasteiger partial charge is 0.335 e. The van der Waals surface area contributed by atoms with Crippen LogP contribution in [-0.2, 0) is 6.54 Å². The molecule has 0 amide bonds. The van der Waals surface area contributed by atoms with E-state index in [4.69, 9.17) is 11.5 Å². The van der Waals surface area contributed by atoms with Gasteiger partial charge in [-0.1, -0.05) is 18.1 Å². The highest BCUT2D eigenvalue weighted by molar-refractivity contribution is 5.87. The van der Waals surface area contributed by atoms with Gasteiger partial charge >= 0.3 is 5.97 Å². The topological polar surface area (TPSA) is 40.5 Å². The summed E-state index contributed by atoms with van der Waals surface area (Å²) in [5.41, 5.74) is 1.04. The fourth-order valence-corrected chi connectivity index (χ4v) is 1.52. The highest BCUT2D eigenvalue weighted by Crippen LogP contribution is 2.08. The van der Waals surface area contributed by atoms with Crippen molar-refractivity contribution >= 4 is 5.97 Å². The van der Waals surface area contributed by atoms with Gasteiger partial charge in [0.1, 0.15) is 6.67 Å². The first-order chi connectivity index (χ1) is 8.17. The van der Waals surface area contributed by atoms with Gasteiger partial charge in [0.2, 0.25) is 0 Å². The van der Waals surface area contributed by atoms with Crippen molar-refractivity contribution in [3.8, 4) is 12.3 Å². The number of carboxylic acid groups (broad SMARTS) is 1. The Morgan fingerprint density at radius 3 is 2.88 bits per heavy atom. The molecule has 0 saturated heterocycles. The second kappa shape index (κ2) is 6.66. The summed E-state index contributed by atoms with van der Waals surface area (Å²) < 4.78 is 12.3. The summed E-state index contributed by atoms with van der Waals surface area (Å²) in [6.07, 6.45) is 5.18. The molecule has 17 heavy (non-hydrogen) atoms. The predicted octanol–water partition coefficient (Wildman–Crippen LogP) is 1.79. The van der Waals surface area contributed by atoms with Gasteiger partial charge < -0.3 is 5.11 Å². The molecule has 0 aliphatic carbocycles. The molecule has 0 atom stereocenters. The average Bonchev–Trinajstić information content (AvgIpc) is 2.30. The zero-order chi connectivity index (χ0) is 12.7. The zero-order valence-corrected chi connectivity index (χ0v) is 9.40. The number of terminal acetylenes is 1. The molecule has 0 aliphatic rings. The number of hydrogen-bond donors (Lipinski definition) is 1. The second-order valence-electron chi connectivity index (χ2n) is 3.61. The molecule has 0 spiro atoms. The molecule has 1 aromatic rings. The van der Waals surface area contributed by atoms with E-state index in [0.717, 1.165) is 5.56 Å². The Bertz CT molecular complexity index is 426. The average molecular weight is 235 g/mol. The van der Waals surface area contributed by atoms with Crippen LogP contribution in [0, 0.1) is 12.3 Å². The molecule has 1 rings (SSSR count). The maximum Gasteiger partial charge on any atom is 0.335 e. The normalized spacial score (nSPS) is 10.2. The number of hydrogen-bond acceptors (Lipinski definition) is 2. The second-order valence-corrected chi connectivity index (χ2v) is 3.61. The Balaban J connectivity index is 2.75. The molecule has 0 bridgehead atoms. The van der Waals surface area contributed by atoms with E-state index in [2.05, 4.69) is 5.92 Å². The first-order valence-electron chi connectivity index (χ1n) is 5.21. The number of halogens is 1. The zero-order valence-electron chi connectivity index (χ0n) is 9.40. The Kier molecular flexibility index (Phi) is 5.18. The van der Waals surface area contributed by atoms with Crippen LogP contribution in [0.5, 0.6) is 0 Å². The van der Waals surface area contributed by atoms with Crippen molar-refractivity contribution in [2.75, 3.05) is 19.8 Å². The van der Waals surface area contributed by atoms with Gasteiger partial charge in [-0.2, -0.15) is 0 Å². The van der Waals surface area contributed by atoms with Crippen molar-refractivity contribution < 1.29 is 14.3 Å². The summed E-state index contributed by atoms with van der Waals surface area (Å²) in [4.78, 5) is 12.5. The van der Waals surface area contributed by atoms with Gasteiger partial charge in [-0.25, -0.2) is 9.18 Å². The maximum absolute atomic E-state index is 12.3. The fraction of sp³-hybridized carbons (Fsp3) is 0.308. The predicted molar refractivity (Wildman–Crippen MR) is 63.5 cm³/mol. The third-order valence-corrected chi connectivity index (χ3v) is 2.30. The number of rotatable bonds is 6. The number of carbonyl (C=O) groups is 1. The Morgan fingerprint density at radius 2 is 2.29 bits per heavy atom. The highest BCUT2D eigenvalue weighted by Gasteiger charge is 2.07. The lowest BCUT2D eigenvalue weighted by atomic mass is 10.1. The number of nitrogens with zero attached hydrogens (tertiary/aromatic N) is 1. The van der Waals surface area contributed by atoms with Crippen LogP contribution in [0.2, 0.25) is 0 Å². The van der Waals surface area contributed by atoms with E-state index >= 15 is 0 Å². The maximum atomic E-state index is 12.3. The lowest BCUT2D eigenvalue weighted by Crippen LogP contribution is -2.26. The minimum atomic E-state index is -0.971. The molecular formula is C13H14FNO2. The van der Waals surface area contributed by atoms with Gasteiger partial charge in [0.15, 0.2) is 0 Å². The number of benzene rings is 1. The summed E-state index contributed by atoms with van der Waals surface area (Å²) >= 11 is 0. The van der Waals surface area contributed by atoms with Crippen molar-refractivity contribution in [3.05, 3.63) is 35.4 Å². The minimum absolute atomic E-state index is 0.225. The van der Waals surface area contributed by atoms with Gasteiger partial charge in [-0.15, -0.1) is 6.42 Å². The molecule has 0 fully saturated rings. The van der Waals surface area contributed by atoms with Crippen molar-refractivity contribution in [1.29, 1.82) is 0 Å². The number of aromatic carboxylic acids is 1. The van der Waals surface area contributed by atoms with Crippen LogP contribution >= 0.6 is 0 Å². The third-order valence-electron chi connectivity index (χ3n) is 2.30. The van der Waals surface area contributed by atoms with E-state index < -0.39 is 12.6 Å². The lowest BCUT2D eigenvalue weighted by Gasteiger charge is -2.18. The molecule has 3 nitrogen and oxygen atoms in total. The molecule has 1 aromatic carbocycles. The molecule has 1 N–H and O–H groups in total. The van der Waals surface area contributed by atoms with E-state index in [1.165, 1.54) is 6.07 Å². The van der Waals surface area contributed by atoms with Gasteiger partial charge in [-0.3, -0.25) is 4.90 Å². The number of carboxylic acids is 1. The van der Waals surface area contributed by atoms with Gasteiger partial charge in [0.05, 0.1) is 12.1 Å². The van der Waals surface area contributed by atoms with Crippen LogP contribution in [0.1, 0.15) is 15.9 Å². The molecule has 0 aromatic heterocycles. The molecular weight excluding hydrogens is 221 g/mol. The van der Waals surface area contributed by atoms with E-state index in [-0.39, 0.29) is 12.1 Å². The van der Waals surface area contributed by atoms with Gasteiger partial charge in [0, 0.05) is 13.1 Å². The van der Waals surface area contributed by atoms with Gasteiger partial charge in [0.25, 0.3) is 0 Å². The monoisotopic (exact) mass is 235 g/mol. The highest BCUT2D eigenvalue weighted by atomic mass is 19.1. The van der Waals surface area contributed by atoms with E-state index in [1.807, 2.05) is 0 Å². The van der Waals surface area contributed by atoms with E-state index in [0.29, 0.717) is 13.1 Å². The van der Waals surface area contributed by atoms with E-state index in [1.54, 1.807) is 23.1 Å².